The van der Waals surface area contributed by atoms with Crippen LogP contribution >= 0.6 is 11.6 Å². The van der Waals surface area contributed by atoms with Gasteiger partial charge in [-0.15, -0.1) is 0 Å². The molecule has 1 N–H and O–H groups in total. The first-order valence-electron chi connectivity index (χ1n) is 8.63. The van der Waals surface area contributed by atoms with Crippen LogP contribution in [0.1, 0.15) is 24.0 Å². The van der Waals surface area contributed by atoms with Crippen LogP contribution < -0.4 is 5.32 Å². The molecule has 2 aromatic carbocycles. The number of nitrogens with zero attached hydrogens (tertiary/aromatic N) is 2. The van der Waals surface area contributed by atoms with E-state index in [-0.39, 0.29) is 0 Å². The number of fused-ring (bicyclic) bond motifs is 1. The van der Waals surface area contributed by atoms with Crippen LogP contribution in [-0.2, 0) is 6.42 Å². The topological polar surface area (TPSA) is 29.9 Å². The Hall–Kier alpha value is -2.40. The van der Waals surface area contributed by atoms with Crippen molar-refractivity contribution in [3.05, 3.63) is 64.2 Å². The first kappa shape index (κ1) is 17.0. The van der Waals surface area contributed by atoms with Gasteiger partial charge >= 0.3 is 0 Å². The third-order valence-corrected chi connectivity index (χ3v) is 5.19. The molecule has 2 heterocycles. The van der Waals surface area contributed by atoms with Crippen molar-refractivity contribution in [3.8, 4) is 16.9 Å². The highest BCUT2D eigenvalue weighted by molar-refractivity contribution is 6.31. The lowest BCUT2D eigenvalue weighted by atomic mass is 10.0. The monoisotopic (exact) mass is 373 g/mol. The fraction of sp³-hybridized carbons (Fsp3) is 0.250. The van der Waals surface area contributed by atoms with Gasteiger partial charge in [0.2, 0.25) is 0 Å². The van der Waals surface area contributed by atoms with Crippen LogP contribution in [0.25, 0.3) is 16.9 Å². The molecule has 26 heavy (non-hydrogen) atoms. The van der Waals surface area contributed by atoms with Crippen LogP contribution in [0, 0.1) is 18.6 Å². The van der Waals surface area contributed by atoms with Gasteiger partial charge in [-0.2, -0.15) is 5.10 Å². The number of rotatable bonds is 2. The standard InChI is InChI=1S/C20H18ClF2N3/c1-12-16(21)6-4-7-18(12)26-20-15(5-2-3-10-24-20)19(25-26)14-9-8-13(22)11-17(14)23/h4,6-9,11,24H,2-3,5,10H2,1H3. The third-order valence-electron chi connectivity index (χ3n) is 4.78. The van der Waals surface area contributed by atoms with Gasteiger partial charge in [0.05, 0.1) is 5.69 Å². The molecule has 134 valence electrons. The molecule has 1 aromatic heterocycles. The average Bonchev–Trinajstić information content (AvgIpc) is 2.79. The number of benzene rings is 2. The molecule has 0 unspecified atom stereocenters. The van der Waals surface area contributed by atoms with Crippen molar-refractivity contribution in [3.63, 3.8) is 0 Å². The van der Waals surface area contributed by atoms with Crippen LogP contribution in [0.15, 0.2) is 36.4 Å². The van der Waals surface area contributed by atoms with Gasteiger partial charge in [0.1, 0.15) is 23.1 Å². The maximum absolute atomic E-state index is 14.4. The minimum Gasteiger partial charge on any atom is -0.370 e. The summed E-state index contributed by atoms with van der Waals surface area (Å²) in [4.78, 5) is 0. The van der Waals surface area contributed by atoms with Crippen LogP contribution in [0.3, 0.4) is 0 Å². The first-order valence-corrected chi connectivity index (χ1v) is 9.00. The highest BCUT2D eigenvalue weighted by Gasteiger charge is 2.24. The Morgan fingerprint density at radius 1 is 1.15 bits per heavy atom. The zero-order valence-corrected chi connectivity index (χ0v) is 15.1. The molecule has 6 heteroatoms. The van der Waals surface area contributed by atoms with E-state index in [1.165, 1.54) is 12.1 Å². The number of hydrogen-bond acceptors (Lipinski definition) is 2. The zero-order chi connectivity index (χ0) is 18.3. The average molecular weight is 374 g/mol. The van der Waals surface area contributed by atoms with Crippen molar-refractivity contribution in [1.29, 1.82) is 0 Å². The van der Waals surface area contributed by atoms with Crippen molar-refractivity contribution in [2.24, 2.45) is 0 Å². The highest BCUT2D eigenvalue weighted by Crippen LogP contribution is 2.36. The second-order valence-electron chi connectivity index (χ2n) is 6.48. The van der Waals surface area contributed by atoms with E-state index in [2.05, 4.69) is 5.32 Å². The van der Waals surface area contributed by atoms with Gasteiger partial charge in [0.15, 0.2) is 0 Å². The lowest BCUT2D eigenvalue weighted by Crippen LogP contribution is -2.08. The smallest absolute Gasteiger partial charge is 0.135 e. The Kier molecular flexibility index (Phi) is 4.41. The van der Waals surface area contributed by atoms with Gasteiger partial charge in [0.25, 0.3) is 0 Å². The van der Waals surface area contributed by atoms with Crippen LogP contribution in [-0.4, -0.2) is 16.3 Å². The largest absolute Gasteiger partial charge is 0.370 e. The van der Waals surface area contributed by atoms with Crippen molar-refractivity contribution in [2.75, 3.05) is 11.9 Å². The van der Waals surface area contributed by atoms with Gasteiger partial charge in [-0.05, 0) is 56.0 Å². The van der Waals surface area contributed by atoms with E-state index in [0.717, 1.165) is 54.5 Å². The molecule has 1 aliphatic rings. The summed E-state index contributed by atoms with van der Waals surface area (Å²) in [6.45, 7) is 2.75. The van der Waals surface area contributed by atoms with E-state index in [1.807, 2.05) is 25.1 Å². The summed E-state index contributed by atoms with van der Waals surface area (Å²) < 4.78 is 29.6. The fourth-order valence-corrected chi connectivity index (χ4v) is 3.57. The molecule has 4 rings (SSSR count). The Labute approximate surface area is 155 Å². The number of nitrogens with one attached hydrogen (secondary N) is 1. The van der Waals surface area contributed by atoms with Crippen molar-refractivity contribution < 1.29 is 8.78 Å². The summed E-state index contributed by atoms with van der Waals surface area (Å²) in [5, 5.41) is 8.77. The second-order valence-corrected chi connectivity index (χ2v) is 6.89. The lowest BCUT2D eigenvalue weighted by molar-refractivity contribution is 0.585. The van der Waals surface area contributed by atoms with Crippen molar-refractivity contribution >= 4 is 17.4 Å². The predicted octanol–water partition coefficient (Wildman–Crippen LogP) is 5.53. The third kappa shape index (κ3) is 2.86. The molecule has 0 fully saturated rings. The Morgan fingerprint density at radius 2 is 2.00 bits per heavy atom. The molecule has 0 radical (unpaired) electrons. The molecular weight excluding hydrogens is 356 g/mol. The molecule has 0 atom stereocenters. The summed E-state index contributed by atoms with van der Waals surface area (Å²) in [5.41, 5.74) is 3.55. The maximum atomic E-state index is 14.4. The second kappa shape index (κ2) is 6.72. The molecule has 0 amide bonds. The number of aromatic nitrogens is 2. The quantitative estimate of drug-likeness (QED) is 0.640. The van der Waals surface area contributed by atoms with E-state index < -0.39 is 11.6 Å². The molecule has 1 aliphatic heterocycles. The summed E-state index contributed by atoms with van der Waals surface area (Å²) in [5.74, 6) is -0.350. The van der Waals surface area contributed by atoms with Crippen molar-refractivity contribution in [1.82, 2.24) is 9.78 Å². The molecular formula is C20H18ClF2N3. The van der Waals surface area contributed by atoms with Crippen LogP contribution in [0.4, 0.5) is 14.6 Å². The fourth-order valence-electron chi connectivity index (χ4n) is 3.40. The lowest BCUT2D eigenvalue weighted by Gasteiger charge is -2.12. The minimum absolute atomic E-state index is 0.310. The predicted molar refractivity (Wildman–Crippen MR) is 100 cm³/mol. The Balaban J connectivity index is 1.96. The Morgan fingerprint density at radius 3 is 2.81 bits per heavy atom. The number of halogens is 3. The normalized spacial score (nSPS) is 13.8. The van der Waals surface area contributed by atoms with E-state index in [1.54, 1.807) is 4.68 Å². The zero-order valence-electron chi connectivity index (χ0n) is 14.3. The molecule has 3 nitrogen and oxygen atoms in total. The van der Waals surface area contributed by atoms with Crippen molar-refractivity contribution in [2.45, 2.75) is 26.2 Å². The maximum Gasteiger partial charge on any atom is 0.135 e. The minimum atomic E-state index is -0.607. The van der Waals surface area contributed by atoms with Gasteiger partial charge in [-0.3, -0.25) is 0 Å². The summed E-state index contributed by atoms with van der Waals surface area (Å²) in [6.07, 6.45) is 2.79. The Bertz CT molecular complexity index is 981. The molecule has 0 bridgehead atoms. The van der Waals surface area contributed by atoms with Crippen LogP contribution in [0.5, 0.6) is 0 Å². The first-order chi connectivity index (χ1) is 12.6. The van der Waals surface area contributed by atoms with E-state index in [0.29, 0.717) is 16.3 Å². The van der Waals surface area contributed by atoms with Gasteiger partial charge in [0, 0.05) is 28.8 Å². The number of anilines is 1. The summed E-state index contributed by atoms with van der Waals surface area (Å²) in [6, 6.07) is 9.25. The molecule has 0 aliphatic carbocycles. The molecule has 3 aromatic rings. The molecule has 0 spiro atoms. The van der Waals surface area contributed by atoms with Gasteiger partial charge < -0.3 is 5.32 Å². The van der Waals surface area contributed by atoms with E-state index >= 15 is 0 Å². The van der Waals surface area contributed by atoms with Gasteiger partial charge in [-0.1, -0.05) is 17.7 Å². The summed E-state index contributed by atoms with van der Waals surface area (Å²) in [7, 11) is 0. The summed E-state index contributed by atoms with van der Waals surface area (Å²) >= 11 is 6.28. The van der Waals surface area contributed by atoms with E-state index in [4.69, 9.17) is 16.7 Å². The SMILES string of the molecule is Cc1c(Cl)cccc1-n1nc(-c2ccc(F)cc2F)c2c1NCCCC2. The van der Waals surface area contributed by atoms with Crippen LogP contribution in [0.2, 0.25) is 5.02 Å². The van der Waals surface area contributed by atoms with Gasteiger partial charge in [-0.25, -0.2) is 13.5 Å². The van der Waals surface area contributed by atoms with E-state index in [9.17, 15) is 8.78 Å². The molecule has 0 saturated heterocycles. The number of hydrogen-bond donors (Lipinski definition) is 1. The highest BCUT2D eigenvalue weighted by atomic mass is 35.5. The molecule has 0 saturated carbocycles.